The molecule has 0 aliphatic heterocycles. The molecule has 2 aromatic rings. The number of nitro groups is 1. The molecule has 0 bridgehead atoms. The predicted octanol–water partition coefficient (Wildman–Crippen LogP) is 1.63. The smallest absolute Gasteiger partial charge is 0.322 e. The maximum absolute atomic E-state index is 12.6. The number of hydrazone groups is 1. The van der Waals surface area contributed by atoms with E-state index in [4.69, 9.17) is 15.9 Å². The number of hydrogen-bond donors (Lipinski definition) is 6. The van der Waals surface area contributed by atoms with Crippen LogP contribution in [-0.2, 0) is 24.6 Å². The molecule has 0 aromatic heterocycles. The van der Waals surface area contributed by atoms with Crippen LogP contribution in [-0.4, -0.2) is 75.4 Å². The molecule has 2 atom stereocenters. The molecule has 3 amide bonds. The van der Waals surface area contributed by atoms with Gasteiger partial charge in [0.2, 0.25) is 11.8 Å². The van der Waals surface area contributed by atoms with Gasteiger partial charge in [0, 0.05) is 29.4 Å². The van der Waals surface area contributed by atoms with E-state index in [9.17, 15) is 34.1 Å². The van der Waals surface area contributed by atoms with E-state index < -0.39 is 53.2 Å². The molecule has 0 aliphatic rings. The molecule has 0 saturated carbocycles. The maximum atomic E-state index is 12.6. The van der Waals surface area contributed by atoms with Gasteiger partial charge in [-0.05, 0) is 35.6 Å². The van der Waals surface area contributed by atoms with Gasteiger partial charge in [0.25, 0.3) is 11.6 Å². The molecule has 236 valence electrons. The molecule has 0 fully saturated rings. The van der Waals surface area contributed by atoms with E-state index in [1.54, 1.807) is 12.1 Å². The summed E-state index contributed by atoms with van der Waals surface area (Å²) in [5.41, 5.74) is 9.08. The number of nitrogens with zero attached hydrogens (tertiary/aromatic N) is 2. The van der Waals surface area contributed by atoms with Crippen molar-refractivity contribution < 1.29 is 39.1 Å². The zero-order valence-electron chi connectivity index (χ0n) is 24.2. The average molecular weight is 631 g/mol. The topological polar surface area (TPSA) is 243 Å². The Balaban J connectivity index is 2.11. The Morgan fingerprint density at radius 3 is 2.32 bits per heavy atom. The number of amides is 3. The summed E-state index contributed by atoms with van der Waals surface area (Å²) in [5, 5.41) is 37.9. The van der Waals surface area contributed by atoms with Crippen LogP contribution in [0.3, 0.4) is 0 Å². The van der Waals surface area contributed by atoms with Crippen LogP contribution < -0.4 is 21.8 Å². The van der Waals surface area contributed by atoms with E-state index in [2.05, 4.69) is 41.9 Å². The van der Waals surface area contributed by atoms with E-state index in [0.717, 1.165) is 17.3 Å². The van der Waals surface area contributed by atoms with Gasteiger partial charge < -0.3 is 26.6 Å². The summed E-state index contributed by atoms with van der Waals surface area (Å²) >= 11 is 0.857. The number of benzene rings is 2. The quantitative estimate of drug-likeness (QED) is 0.0714. The van der Waals surface area contributed by atoms with Crippen LogP contribution >= 0.6 is 11.8 Å². The van der Waals surface area contributed by atoms with Crippen LogP contribution in [0.2, 0.25) is 0 Å². The lowest BCUT2D eigenvalue weighted by atomic mass is 9.87. The first kappa shape index (κ1) is 35.4. The van der Waals surface area contributed by atoms with Crippen LogP contribution in [0, 0.1) is 10.1 Å². The molecule has 2 aromatic carbocycles. The molecule has 0 radical (unpaired) electrons. The highest BCUT2D eigenvalue weighted by molar-refractivity contribution is 7.99. The van der Waals surface area contributed by atoms with Gasteiger partial charge in [-0.1, -0.05) is 39.0 Å². The van der Waals surface area contributed by atoms with Crippen molar-refractivity contribution in [3.8, 4) is 0 Å². The van der Waals surface area contributed by atoms with Crippen molar-refractivity contribution in [3.05, 3.63) is 69.3 Å². The molecule has 0 unspecified atom stereocenters. The molecule has 0 saturated heterocycles. The van der Waals surface area contributed by atoms with Gasteiger partial charge >= 0.3 is 11.9 Å². The van der Waals surface area contributed by atoms with Gasteiger partial charge in [-0.2, -0.15) is 5.10 Å². The number of aliphatic carboxylic acids is 2. The van der Waals surface area contributed by atoms with Crippen molar-refractivity contribution in [2.45, 2.75) is 56.0 Å². The summed E-state index contributed by atoms with van der Waals surface area (Å²) in [6.07, 6.45) is 0.692. The van der Waals surface area contributed by atoms with Crippen LogP contribution in [0.25, 0.3) is 0 Å². The largest absolute Gasteiger partial charge is 0.480 e. The van der Waals surface area contributed by atoms with Crippen molar-refractivity contribution in [1.29, 1.82) is 0 Å². The summed E-state index contributed by atoms with van der Waals surface area (Å²) in [4.78, 5) is 70.3. The highest BCUT2D eigenvalue weighted by Crippen LogP contribution is 2.30. The minimum atomic E-state index is -1.33. The fourth-order valence-corrected chi connectivity index (χ4v) is 4.58. The molecule has 44 heavy (non-hydrogen) atoms. The van der Waals surface area contributed by atoms with Gasteiger partial charge in [-0.25, -0.2) is 5.43 Å². The Kier molecular flexibility index (Phi) is 13.0. The van der Waals surface area contributed by atoms with Crippen LogP contribution in [0.15, 0.2) is 52.5 Å². The highest BCUT2D eigenvalue weighted by Gasteiger charge is 2.25. The lowest BCUT2D eigenvalue weighted by Gasteiger charge is -2.18. The summed E-state index contributed by atoms with van der Waals surface area (Å²) in [7, 11) is 0. The molecule has 0 spiro atoms. The van der Waals surface area contributed by atoms with E-state index >= 15 is 0 Å². The number of nitro benzene ring substituents is 1. The number of rotatable bonds is 15. The molecule has 7 N–H and O–H groups in total. The van der Waals surface area contributed by atoms with Gasteiger partial charge in [0.05, 0.1) is 16.0 Å². The van der Waals surface area contributed by atoms with Gasteiger partial charge in [-0.15, -0.1) is 11.8 Å². The number of carboxylic acid groups (broad SMARTS) is 2. The third-order valence-corrected chi connectivity index (χ3v) is 7.20. The number of carbonyl (C=O) groups excluding carboxylic acids is 3. The van der Waals surface area contributed by atoms with Gasteiger partial charge in [0.1, 0.15) is 18.6 Å². The maximum Gasteiger partial charge on any atom is 0.322 e. The lowest BCUT2D eigenvalue weighted by molar-refractivity contribution is -0.387. The molecular weight excluding hydrogens is 596 g/mol. The SMILES string of the molecule is CC(C)(C)c1ccc(C(=O)N/N=C/c2ccc(SC[C@H](NC(=O)CC[C@H](N)C(=O)O)C(=O)NCC(=O)O)c([N+](=O)[O-])c2)cc1. The molecule has 15 nitrogen and oxygen atoms in total. The Hall–Kier alpha value is -4.83. The Labute approximate surface area is 256 Å². The van der Waals surface area contributed by atoms with Crippen LogP contribution in [0.5, 0.6) is 0 Å². The predicted molar refractivity (Wildman–Crippen MR) is 161 cm³/mol. The highest BCUT2D eigenvalue weighted by atomic mass is 32.2. The van der Waals surface area contributed by atoms with E-state index in [1.807, 2.05) is 12.1 Å². The van der Waals surface area contributed by atoms with E-state index in [1.165, 1.54) is 24.4 Å². The fourth-order valence-electron chi connectivity index (χ4n) is 3.55. The Morgan fingerprint density at radius 2 is 1.75 bits per heavy atom. The lowest BCUT2D eigenvalue weighted by Crippen LogP contribution is -2.49. The fraction of sp³-hybridized carbons (Fsp3) is 0.357. The summed E-state index contributed by atoms with van der Waals surface area (Å²) in [5.74, 6) is -4.90. The minimum Gasteiger partial charge on any atom is -0.480 e. The normalized spacial score (nSPS) is 12.6. The second-order valence-corrected chi connectivity index (χ2v) is 11.6. The third-order valence-electron chi connectivity index (χ3n) is 6.04. The Bertz CT molecular complexity index is 1420. The van der Waals surface area contributed by atoms with Crippen LogP contribution in [0.1, 0.15) is 55.1 Å². The first-order valence-corrected chi connectivity index (χ1v) is 14.2. The number of thioether (sulfide) groups is 1. The first-order valence-electron chi connectivity index (χ1n) is 13.2. The second-order valence-electron chi connectivity index (χ2n) is 10.5. The number of carboxylic acids is 2. The number of carbonyl (C=O) groups is 5. The zero-order chi connectivity index (χ0) is 33.0. The first-order chi connectivity index (χ1) is 20.6. The molecular formula is C28H34N6O9S. The van der Waals surface area contributed by atoms with Crippen molar-refractivity contribution in [2.24, 2.45) is 10.8 Å². The molecule has 0 aliphatic carbocycles. The number of nitrogens with two attached hydrogens (primary N) is 1. The number of nitrogens with one attached hydrogen (secondary N) is 3. The van der Waals surface area contributed by atoms with Crippen molar-refractivity contribution >= 4 is 53.3 Å². The summed E-state index contributed by atoms with van der Waals surface area (Å²) < 4.78 is 0. The van der Waals surface area contributed by atoms with E-state index in [0.29, 0.717) is 11.1 Å². The number of hydrogen-bond acceptors (Lipinski definition) is 10. The third kappa shape index (κ3) is 11.4. The average Bonchev–Trinajstić information content (AvgIpc) is 2.96. The minimum absolute atomic E-state index is 0.0775. The molecule has 2 rings (SSSR count). The van der Waals surface area contributed by atoms with E-state index in [-0.39, 0.29) is 34.6 Å². The van der Waals surface area contributed by atoms with Crippen LogP contribution in [0.4, 0.5) is 5.69 Å². The molecule has 0 heterocycles. The standard InChI is InChI=1S/C28H34N6O9S/c1-28(2,3)18-7-5-17(6-8-18)25(38)33-31-13-16-4-10-22(21(12-16)34(42)43)44-15-20(26(39)30-14-24(36)37)32-23(35)11-9-19(29)27(40)41/h4-8,10,12-13,19-20H,9,11,14-15,29H2,1-3H3,(H,30,39)(H,32,35)(H,33,38)(H,36,37)(H,40,41)/b31-13+/t19-,20-/m0/s1. The zero-order valence-corrected chi connectivity index (χ0v) is 25.1. The van der Waals surface area contributed by atoms with Crippen molar-refractivity contribution in [1.82, 2.24) is 16.1 Å². The van der Waals surface area contributed by atoms with Gasteiger partial charge in [0.15, 0.2) is 0 Å². The summed E-state index contributed by atoms with van der Waals surface area (Å²) in [6.45, 7) is 5.42. The van der Waals surface area contributed by atoms with Crippen molar-refractivity contribution in [3.63, 3.8) is 0 Å². The Morgan fingerprint density at radius 1 is 1.09 bits per heavy atom. The van der Waals surface area contributed by atoms with Gasteiger partial charge in [-0.3, -0.25) is 34.1 Å². The second kappa shape index (κ2) is 16.1. The molecule has 16 heteroatoms. The van der Waals surface area contributed by atoms with Crippen molar-refractivity contribution in [2.75, 3.05) is 12.3 Å². The summed E-state index contributed by atoms with van der Waals surface area (Å²) in [6, 6.07) is 8.54. The monoisotopic (exact) mass is 630 g/mol.